The lowest BCUT2D eigenvalue weighted by Gasteiger charge is -2.07. The van der Waals surface area contributed by atoms with Crippen LogP contribution in [0.4, 0.5) is 10.1 Å². The van der Waals surface area contributed by atoms with Crippen molar-refractivity contribution in [2.75, 3.05) is 5.32 Å². The fourth-order valence-corrected chi connectivity index (χ4v) is 2.49. The van der Waals surface area contributed by atoms with E-state index in [1.807, 2.05) is 18.2 Å². The van der Waals surface area contributed by atoms with Crippen LogP contribution in [0.15, 0.2) is 42.5 Å². The number of hydrogen-bond acceptors (Lipinski definition) is 2. The highest BCUT2D eigenvalue weighted by Gasteiger charge is 2.17. The Bertz CT molecular complexity index is 743. The monoisotopic (exact) mass is 298 g/mol. The average molecular weight is 298 g/mol. The first kappa shape index (κ1) is 14.3. The number of carbonyl (C=O) groups excluding carboxylic acids is 2. The summed E-state index contributed by atoms with van der Waals surface area (Å²) in [5.41, 5.74) is 3.35. The van der Waals surface area contributed by atoms with E-state index in [1.54, 1.807) is 12.1 Å². The van der Waals surface area contributed by atoms with Crippen LogP contribution >= 0.6 is 0 Å². The minimum absolute atomic E-state index is 0.0118. The fraction of sp³-hybridized carbons (Fsp3) is 0.176. The molecule has 112 valence electrons. The Morgan fingerprint density at radius 2 is 2.05 bits per heavy atom. The SMILES string of the molecule is O=C(Cc1cccc(F)c1)NCc1ccc2c(c1)CC(=O)N2. The zero-order valence-corrected chi connectivity index (χ0v) is 11.9. The third-order valence-corrected chi connectivity index (χ3v) is 3.54. The van der Waals surface area contributed by atoms with Crippen LogP contribution in [-0.2, 0) is 29.0 Å². The van der Waals surface area contributed by atoms with Crippen LogP contribution in [0.3, 0.4) is 0 Å². The van der Waals surface area contributed by atoms with Crippen LogP contribution in [0.1, 0.15) is 16.7 Å². The topological polar surface area (TPSA) is 58.2 Å². The van der Waals surface area contributed by atoms with Crippen molar-refractivity contribution in [3.8, 4) is 0 Å². The zero-order valence-electron chi connectivity index (χ0n) is 11.9. The third kappa shape index (κ3) is 3.31. The van der Waals surface area contributed by atoms with Crippen molar-refractivity contribution in [3.05, 3.63) is 65.0 Å². The normalized spacial score (nSPS) is 12.7. The highest BCUT2D eigenvalue weighted by Crippen LogP contribution is 2.23. The third-order valence-electron chi connectivity index (χ3n) is 3.54. The molecule has 22 heavy (non-hydrogen) atoms. The van der Waals surface area contributed by atoms with Crippen LogP contribution in [0.5, 0.6) is 0 Å². The first-order chi connectivity index (χ1) is 10.6. The summed E-state index contributed by atoms with van der Waals surface area (Å²) in [7, 11) is 0. The summed E-state index contributed by atoms with van der Waals surface area (Å²) in [5, 5.41) is 5.57. The molecule has 2 aromatic rings. The molecule has 0 spiro atoms. The van der Waals surface area contributed by atoms with Gasteiger partial charge in [-0.1, -0.05) is 24.3 Å². The maximum atomic E-state index is 13.1. The molecule has 0 radical (unpaired) electrons. The quantitative estimate of drug-likeness (QED) is 0.909. The average Bonchev–Trinajstić information content (AvgIpc) is 2.84. The maximum Gasteiger partial charge on any atom is 0.228 e. The Balaban J connectivity index is 1.57. The number of fused-ring (bicyclic) bond motifs is 1. The molecule has 0 atom stereocenters. The molecule has 1 aliphatic heterocycles. The fourth-order valence-electron chi connectivity index (χ4n) is 2.49. The van der Waals surface area contributed by atoms with E-state index in [0.717, 1.165) is 16.8 Å². The van der Waals surface area contributed by atoms with Crippen LogP contribution < -0.4 is 10.6 Å². The van der Waals surface area contributed by atoms with Gasteiger partial charge in [0.2, 0.25) is 11.8 Å². The van der Waals surface area contributed by atoms with Gasteiger partial charge in [-0.05, 0) is 34.9 Å². The van der Waals surface area contributed by atoms with E-state index >= 15 is 0 Å². The lowest BCUT2D eigenvalue weighted by Crippen LogP contribution is -2.24. The summed E-state index contributed by atoms with van der Waals surface area (Å²) < 4.78 is 13.1. The first-order valence-corrected chi connectivity index (χ1v) is 7.03. The van der Waals surface area contributed by atoms with Gasteiger partial charge in [0.05, 0.1) is 12.8 Å². The van der Waals surface area contributed by atoms with Crippen LogP contribution in [-0.4, -0.2) is 11.8 Å². The smallest absolute Gasteiger partial charge is 0.228 e. The number of nitrogens with one attached hydrogen (secondary N) is 2. The molecule has 5 heteroatoms. The number of amides is 2. The van der Waals surface area contributed by atoms with Crippen LogP contribution in [0.25, 0.3) is 0 Å². The number of rotatable bonds is 4. The number of hydrogen-bond donors (Lipinski definition) is 2. The highest BCUT2D eigenvalue weighted by atomic mass is 19.1. The van der Waals surface area contributed by atoms with Crippen LogP contribution in [0.2, 0.25) is 0 Å². The van der Waals surface area contributed by atoms with Crippen molar-refractivity contribution in [3.63, 3.8) is 0 Å². The van der Waals surface area contributed by atoms with Crippen LogP contribution in [0, 0.1) is 5.82 Å². The largest absolute Gasteiger partial charge is 0.352 e. The molecule has 0 unspecified atom stereocenters. The molecular formula is C17H15FN2O2. The highest BCUT2D eigenvalue weighted by molar-refractivity contribution is 5.99. The van der Waals surface area contributed by atoms with Crippen molar-refractivity contribution in [2.45, 2.75) is 19.4 Å². The van der Waals surface area contributed by atoms with E-state index in [9.17, 15) is 14.0 Å². The predicted molar refractivity (Wildman–Crippen MR) is 80.7 cm³/mol. The van der Waals surface area contributed by atoms with Crippen molar-refractivity contribution in [2.24, 2.45) is 0 Å². The lowest BCUT2D eigenvalue weighted by atomic mass is 10.1. The number of benzene rings is 2. The number of carbonyl (C=O) groups is 2. The van der Waals surface area contributed by atoms with Crippen molar-refractivity contribution in [1.82, 2.24) is 5.32 Å². The zero-order chi connectivity index (χ0) is 15.5. The summed E-state index contributed by atoms with van der Waals surface area (Å²) in [6, 6.07) is 11.6. The molecule has 0 aromatic heterocycles. The van der Waals surface area contributed by atoms with Gasteiger partial charge in [0.25, 0.3) is 0 Å². The predicted octanol–water partition coefficient (Wildman–Crippen LogP) is 2.18. The summed E-state index contributed by atoms with van der Waals surface area (Å²) in [4.78, 5) is 23.2. The second-order valence-electron chi connectivity index (χ2n) is 5.30. The van der Waals surface area contributed by atoms with Gasteiger partial charge < -0.3 is 10.6 Å². The van der Waals surface area contributed by atoms with E-state index in [2.05, 4.69) is 10.6 Å². The molecule has 1 aliphatic rings. The molecule has 0 bridgehead atoms. The van der Waals surface area contributed by atoms with E-state index in [1.165, 1.54) is 12.1 Å². The Labute approximate surface area is 127 Å². The Kier molecular flexibility index (Phi) is 3.87. The standard InChI is InChI=1S/C17H15FN2O2/c18-14-3-1-2-11(7-14)8-16(21)19-10-12-4-5-15-13(6-12)9-17(22)20-15/h1-7H,8-10H2,(H,19,21)(H,20,22). The maximum absolute atomic E-state index is 13.1. The molecule has 3 rings (SSSR count). The van der Waals surface area contributed by atoms with Crippen molar-refractivity contribution >= 4 is 17.5 Å². The molecular weight excluding hydrogens is 283 g/mol. The number of halogens is 1. The Hall–Kier alpha value is -2.69. The van der Waals surface area contributed by atoms with E-state index in [-0.39, 0.29) is 24.1 Å². The van der Waals surface area contributed by atoms with Gasteiger partial charge in [0.1, 0.15) is 5.82 Å². The molecule has 1 heterocycles. The molecule has 0 fully saturated rings. The minimum Gasteiger partial charge on any atom is -0.352 e. The molecule has 4 nitrogen and oxygen atoms in total. The lowest BCUT2D eigenvalue weighted by molar-refractivity contribution is -0.120. The first-order valence-electron chi connectivity index (χ1n) is 7.03. The van der Waals surface area contributed by atoms with Crippen molar-refractivity contribution in [1.29, 1.82) is 0 Å². The van der Waals surface area contributed by atoms with Gasteiger partial charge in [0, 0.05) is 12.2 Å². The summed E-state index contributed by atoms with van der Waals surface area (Å²) >= 11 is 0. The minimum atomic E-state index is -0.346. The molecule has 2 amide bonds. The van der Waals surface area contributed by atoms with Gasteiger partial charge >= 0.3 is 0 Å². The van der Waals surface area contributed by atoms with E-state index in [0.29, 0.717) is 18.5 Å². The van der Waals surface area contributed by atoms with Gasteiger partial charge in [-0.25, -0.2) is 4.39 Å². The van der Waals surface area contributed by atoms with Gasteiger partial charge in [-0.15, -0.1) is 0 Å². The molecule has 0 saturated heterocycles. The number of anilines is 1. The van der Waals surface area contributed by atoms with Gasteiger partial charge in [0.15, 0.2) is 0 Å². The second-order valence-corrected chi connectivity index (χ2v) is 5.30. The molecule has 0 saturated carbocycles. The molecule has 0 aliphatic carbocycles. The van der Waals surface area contributed by atoms with E-state index < -0.39 is 0 Å². The van der Waals surface area contributed by atoms with E-state index in [4.69, 9.17) is 0 Å². The summed E-state index contributed by atoms with van der Waals surface area (Å²) in [6.45, 7) is 0.385. The second kappa shape index (κ2) is 5.97. The van der Waals surface area contributed by atoms with Gasteiger partial charge in [-0.3, -0.25) is 9.59 Å². The summed E-state index contributed by atoms with van der Waals surface area (Å²) in [6.07, 6.45) is 0.517. The molecule has 2 aromatic carbocycles. The summed E-state index contributed by atoms with van der Waals surface area (Å²) in [5.74, 6) is -0.524. The van der Waals surface area contributed by atoms with Crippen molar-refractivity contribution < 1.29 is 14.0 Å². The Morgan fingerprint density at radius 1 is 1.18 bits per heavy atom. The van der Waals surface area contributed by atoms with Gasteiger partial charge in [-0.2, -0.15) is 0 Å². The Morgan fingerprint density at radius 3 is 2.86 bits per heavy atom. The molecule has 2 N–H and O–H groups in total.